The molecule has 6 heteroatoms. The lowest BCUT2D eigenvalue weighted by Crippen LogP contribution is -2.19. The largest absolute Gasteiger partial charge is 0.341 e. The van der Waals surface area contributed by atoms with E-state index >= 15 is 0 Å². The van der Waals surface area contributed by atoms with Crippen LogP contribution in [0.4, 0.5) is 0 Å². The van der Waals surface area contributed by atoms with Gasteiger partial charge in [0.1, 0.15) is 16.9 Å². The molecule has 3 rings (SSSR count). The van der Waals surface area contributed by atoms with Gasteiger partial charge in [-0.3, -0.25) is 0 Å². The van der Waals surface area contributed by atoms with Gasteiger partial charge >= 0.3 is 0 Å². The van der Waals surface area contributed by atoms with E-state index in [0.29, 0.717) is 5.65 Å². The first-order chi connectivity index (χ1) is 8.83. The lowest BCUT2D eigenvalue weighted by molar-refractivity contribution is 0.736. The zero-order chi connectivity index (χ0) is 12.4. The fourth-order valence-electron chi connectivity index (χ4n) is 1.65. The summed E-state index contributed by atoms with van der Waals surface area (Å²) in [5.41, 5.74) is 2.82. The van der Waals surface area contributed by atoms with Crippen LogP contribution in [0.5, 0.6) is 0 Å². The molecule has 2 N–H and O–H groups in total. The Balaban J connectivity index is 1.58. The Bertz CT molecular complexity index is 560. The van der Waals surface area contributed by atoms with E-state index in [-0.39, 0.29) is 0 Å². The van der Waals surface area contributed by atoms with E-state index in [2.05, 4.69) is 31.8 Å². The molecule has 0 saturated heterocycles. The summed E-state index contributed by atoms with van der Waals surface area (Å²) in [5, 5.41) is 4.39. The summed E-state index contributed by atoms with van der Waals surface area (Å²) < 4.78 is 0. The van der Waals surface area contributed by atoms with Crippen molar-refractivity contribution < 1.29 is 0 Å². The number of rotatable bonds is 6. The van der Waals surface area contributed by atoms with Crippen molar-refractivity contribution in [2.45, 2.75) is 23.9 Å². The Hall–Kier alpha value is -1.40. The molecule has 0 aromatic carbocycles. The van der Waals surface area contributed by atoms with Crippen molar-refractivity contribution in [1.82, 2.24) is 25.3 Å². The molecule has 0 radical (unpaired) electrons. The molecule has 0 atom stereocenters. The lowest BCUT2D eigenvalue weighted by atomic mass is 10.3. The van der Waals surface area contributed by atoms with Crippen LogP contribution in [0.2, 0.25) is 0 Å². The number of hydrogen-bond donors (Lipinski definition) is 2. The number of imidazole rings is 1. The molecule has 2 aromatic rings. The average Bonchev–Trinajstić information content (AvgIpc) is 3.09. The first-order valence-corrected chi connectivity index (χ1v) is 6.98. The second-order valence-corrected chi connectivity index (χ2v) is 5.44. The first-order valence-electron chi connectivity index (χ1n) is 6.00. The van der Waals surface area contributed by atoms with Crippen molar-refractivity contribution in [3.63, 3.8) is 0 Å². The van der Waals surface area contributed by atoms with Crippen molar-refractivity contribution in [2.24, 2.45) is 0 Å². The van der Waals surface area contributed by atoms with Crippen LogP contribution < -0.4 is 5.32 Å². The lowest BCUT2D eigenvalue weighted by Gasteiger charge is -2.06. The predicted molar refractivity (Wildman–Crippen MR) is 72.6 cm³/mol. The van der Waals surface area contributed by atoms with Crippen LogP contribution in [0.1, 0.15) is 12.8 Å². The molecular weight excluding hydrogens is 246 g/mol. The Morgan fingerprint density at radius 3 is 3.17 bits per heavy atom. The SMILES string of the molecule is C=C(CNC1CC1)CSc1ncnc2nc[nH]c12. The molecule has 1 saturated carbocycles. The molecule has 94 valence electrons. The fourth-order valence-corrected chi connectivity index (χ4v) is 2.51. The van der Waals surface area contributed by atoms with Crippen LogP contribution in [0.25, 0.3) is 11.2 Å². The van der Waals surface area contributed by atoms with Gasteiger partial charge in [-0.1, -0.05) is 23.9 Å². The summed E-state index contributed by atoms with van der Waals surface area (Å²) in [4.78, 5) is 15.6. The summed E-state index contributed by atoms with van der Waals surface area (Å²) in [7, 11) is 0. The number of aromatic nitrogens is 4. The van der Waals surface area contributed by atoms with E-state index in [9.17, 15) is 0 Å². The number of hydrogen-bond acceptors (Lipinski definition) is 5. The van der Waals surface area contributed by atoms with E-state index in [1.54, 1.807) is 24.4 Å². The van der Waals surface area contributed by atoms with Crippen molar-refractivity contribution in [1.29, 1.82) is 0 Å². The highest BCUT2D eigenvalue weighted by Crippen LogP contribution is 2.24. The smallest absolute Gasteiger partial charge is 0.181 e. The molecule has 0 unspecified atom stereocenters. The van der Waals surface area contributed by atoms with Crippen LogP contribution in [-0.4, -0.2) is 38.3 Å². The summed E-state index contributed by atoms with van der Waals surface area (Å²) in [6, 6.07) is 0.727. The number of H-pyrrole nitrogens is 1. The van der Waals surface area contributed by atoms with E-state index in [0.717, 1.165) is 28.9 Å². The van der Waals surface area contributed by atoms with Crippen LogP contribution in [-0.2, 0) is 0 Å². The van der Waals surface area contributed by atoms with Gasteiger partial charge in [-0.15, -0.1) is 0 Å². The predicted octanol–water partition coefficient (Wildman–Crippen LogP) is 1.75. The Kier molecular flexibility index (Phi) is 3.29. The van der Waals surface area contributed by atoms with Gasteiger partial charge in [0.05, 0.1) is 6.33 Å². The molecule has 18 heavy (non-hydrogen) atoms. The highest BCUT2D eigenvalue weighted by Gasteiger charge is 2.20. The normalized spacial score (nSPS) is 15.1. The number of fused-ring (bicyclic) bond motifs is 1. The van der Waals surface area contributed by atoms with Crippen molar-refractivity contribution in [3.05, 3.63) is 24.8 Å². The van der Waals surface area contributed by atoms with Crippen LogP contribution in [0, 0.1) is 0 Å². The van der Waals surface area contributed by atoms with E-state index in [1.807, 2.05) is 0 Å². The van der Waals surface area contributed by atoms with Gasteiger partial charge in [0, 0.05) is 18.3 Å². The number of nitrogens with one attached hydrogen (secondary N) is 2. The summed E-state index contributed by atoms with van der Waals surface area (Å²) in [6.07, 6.45) is 5.81. The van der Waals surface area contributed by atoms with E-state index in [1.165, 1.54) is 18.4 Å². The minimum Gasteiger partial charge on any atom is -0.341 e. The number of aromatic amines is 1. The van der Waals surface area contributed by atoms with Crippen molar-refractivity contribution in [3.8, 4) is 0 Å². The fraction of sp³-hybridized carbons (Fsp3) is 0.417. The Morgan fingerprint density at radius 2 is 2.33 bits per heavy atom. The number of thioether (sulfide) groups is 1. The quantitative estimate of drug-likeness (QED) is 0.471. The highest BCUT2D eigenvalue weighted by atomic mass is 32.2. The monoisotopic (exact) mass is 261 g/mol. The van der Waals surface area contributed by atoms with Crippen molar-refractivity contribution >= 4 is 22.9 Å². The molecule has 0 amide bonds. The van der Waals surface area contributed by atoms with Gasteiger partial charge in [-0.2, -0.15) is 0 Å². The number of nitrogens with zero attached hydrogens (tertiary/aromatic N) is 3. The maximum absolute atomic E-state index is 4.28. The van der Waals surface area contributed by atoms with Crippen LogP contribution in [0.3, 0.4) is 0 Å². The third kappa shape index (κ3) is 2.70. The van der Waals surface area contributed by atoms with Gasteiger partial charge in [-0.25, -0.2) is 15.0 Å². The second-order valence-electron chi connectivity index (χ2n) is 4.47. The van der Waals surface area contributed by atoms with E-state index < -0.39 is 0 Å². The molecule has 1 aliphatic rings. The molecule has 5 nitrogen and oxygen atoms in total. The molecule has 1 aliphatic carbocycles. The summed E-state index contributed by atoms with van der Waals surface area (Å²) in [5.74, 6) is 0.866. The Labute approximate surface area is 110 Å². The molecule has 0 bridgehead atoms. The van der Waals surface area contributed by atoms with Gasteiger partial charge in [0.25, 0.3) is 0 Å². The van der Waals surface area contributed by atoms with Crippen molar-refractivity contribution in [2.75, 3.05) is 12.3 Å². The molecule has 2 aromatic heterocycles. The van der Waals surface area contributed by atoms with Gasteiger partial charge < -0.3 is 10.3 Å². The Morgan fingerprint density at radius 1 is 1.44 bits per heavy atom. The van der Waals surface area contributed by atoms with Gasteiger partial charge in [-0.05, 0) is 12.8 Å². The average molecular weight is 261 g/mol. The standard InChI is InChI=1S/C12H15N5S/c1-8(4-13-9-2-3-9)5-18-12-10-11(15-6-14-10)16-7-17-12/h6-7,9,13H,1-5H2,(H,14,15,16,17). The summed E-state index contributed by atoms with van der Waals surface area (Å²) in [6.45, 7) is 4.98. The molecule has 0 spiro atoms. The maximum atomic E-state index is 4.28. The summed E-state index contributed by atoms with van der Waals surface area (Å²) >= 11 is 1.67. The van der Waals surface area contributed by atoms with Crippen LogP contribution >= 0.6 is 11.8 Å². The molecule has 2 heterocycles. The zero-order valence-electron chi connectivity index (χ0n) is 10.0. The van der Waals surface area contributed by atoms with Crippen LogP contribution in [0.15, 0.2) is 29.8 Å². The highest BCUT2D eigenvalue weighted by molar-refractivity contribution is 7.99. The zero-order valence-corrected chi connectivity index (χ0v) is 10.8. The topological polar surface area (TPSA) is 66.5 Å². The maximum Gasteiger partial charge on any atom is 0.181 e. The minimum absolute atomic E-state index is 0.717. The molecule has 1 fully saturated rings. The van der Waals surface area contributed by atoms with E-state index in [4.69, 9.17) is 0 Å². The second kappa shape index (κ2) is 5.07. The van der Waals surface area contributed by atoms with Gasteiger partial charge in [0.2, 0.25) is 0 Å². The van der Waals surface area contributed by atoms with Gasteiger partial charge in [0.15, 0.2) is 5.65 Å². The third-order valence-electron chi connectivity index (χ3n) is 2.82. The molecule has 0 aliphatic heterocycles. The minimum atomic E-state index is 0.717. The first kappa shape index (κ1) is 11.7. The third-order valence-corrected chi connectivity index (χ3v) is 3.95. The molecular formula is C12H15N5S.